The summed E-state index contributed by atoms with van der Waals surface area (Å²) >= 11 is 0. The normalized spacial score (nSPS) is 18.8. The first-order valence-corrected chi connectivity index (χ1v) is 11.1. The molecule has 1 heterocycles. The third kappa shape index (κ3) is 7.83. The summed E-state index contributed by atoms with van der Waals surface area (Å²) in [4.78, 5) is 50.9. The summed E-state index contributed by atoms with van der Waals surface area (Å²) in [5.74, 6) is -2.37. The third-order valence-electron chi connectivity index (χ3n) is 5.35. The Morgan fingerprint density at radius 3 is 2.39 bits per heavy atom. The van der Waals surface area contributed by atoms with Crippen molar-refractivity contribution in [3.8, 4) is 0 Å². The van der Waals surface area contributed by atoms with Gasteiger partial charge in [-0.3, -0.25) is 19.2 Å². The van der Waals surface area contributed by atoms with Crippen molar-refractivity contribution in [2.45, 2.75) is 76.2 Å². The number of primary amides is 1. The van der Waals surface area contributed by atoms with E-state index < -0.39 is 47.5 Å². The Labute approximate surface area is 194 Å². The zero-order valence-corrected chi connectivity index (χ0v) is 19.4. The number of likely N-dealkylation sites (tertiary alicyclic amines) is 1. The molecular formula is C23H35N5O5. The van der Waals surface area contributed by atoms with Gasteiger partial charge in [0.25, 0.3) is 5.91 Å². The molecule has 1 aliphatic heterocycles. The van der Waals surface area contributed by atoms with Gasteiger partial charge in [-0.1, -0.05) is 30.3 Å². The maximum absolute atomic E-state index is 13.2. The lowest BCUT2D eigenvalue weighted by Gasteiger charge is -2.32. The number of nitrogens with one attached hydrogen (secondary N) is 2. The predicted octanol–water partition coefficient (Wildman–Crippen LogP) is -0.817. The van der Waals surface area contributed by atoms with Gasteiger partial charge in [0.05, 0.1) is 18.5 Å². The van der Waals surface area contributed by atoms with Gasteiger partial charge in [0.1, 0.15) is 6.04 Å². The van der Waals surface area contributed by atoms with E-state index in [0.717, 1.165) is 5.56 Å². The van der Waals surface area contributed by atoms with Crippen LogP contribution < -0.4 is 22.1 Å². The van der Waals surface area contributed by atoms with Crippen LogP contribution in [0, 0.1) is 0 Å². The number of carbonyl (C=O) groups excluding carboxylic acids is 4. The first kappa shape index (κ1) is 26.3. The lowest BCUT2D eigenvalue weighted by molar-refractivity contribution is -0.147. The highest BCUT2D eigenvalue weighted by Gasteiger charge is 2.40. The lowest BCUT2D eigenvalue weighted by Crippen LogP contribution is -2.58. The average molecular weight is 462 g/mol. The minimum Gasteiger partial charge on any atom is -0.381 e. The highest BCUT2D eigenvalue weighted by molar-refractivity contribution is 5.91. The van der Waals surface area contributed by atoms with Crippen molar-refractivity contribution in [3.63, 3.8) is 0 Å². The fourth-order valence-electron chi connectivity index (χ4n) is 3.81. The van der Waals surface area contributed by atoms with Crippen LogP contribution in [0.5, 0.6) is 0 Å². The van der Waals surface area contributed by atoms with E-state index in [2.05, 4.69) is 10.6 Å². The summed E-state index contributed by atoms with van der Waals surface area (Å²) in [6.45, 7) is 5.87. The summed E-state index contributed by atoms with van der Waals surface area (Å²) in [5, 5.41) is 16.4. The Kier molecular flexibility index (Phi) is 8.95. The molecule has 1 saturated heterocycles. The minimum absolute atomic E-state index is 0.148. The van der Waals surface area contributed by atoms with Crippen LogP contribution in [-0.4, -0.2) is 69.9 Å². The fourth-order valence-corrected chi connectivity index (χ4v) is 3.81. The molecular weight excluding hydrogens is 426 g/mol. The van der Waals surface area contributed by atoms with Crippen LogP contribution in [0.3, 0.4) is 0 Å². The van der Waals surface area contributed by atoms with Gasteiger partial charge in [-0.2, -0.15) is 0 Å². The Hall–Kier alpha value is -2.98. The first-order chi connectivity index (χ1) is 15.4. The Morgan fingerprint density at radius 1 is 1.18 bits per heavy atom. The zero-order valence-electron chi connectivity index (χ0n) is 19.4. The molecule has 1 aromatic carbocycles. The van der Waals surface area contributed by atoms with E-state index in [1.807, 2.05) is 26.8 Å². The molecule has 0 aliphatic carbocycles. The van der Waals surface area contributed by atoms with Crippen LogP contribution in [0.4, 0.5) is 0 Å². The third-order valence-corrected chi connectivity index (χ3v) is 5.35. The summed E-state index contributed by atoms with van der Waals surface area (Å²) in [5.41, 5.74) is 11.2. The smallest absolute Gasteiger partial charge is 0.254 e. The van der Waals surface area contributed by atoms with Crippen LogP contribution >= 0.6 is 0 Å². The van der Waals surface area contributed by atoms with Gasteiger partial charge in [-0.25, -0.2) is 0 Å². The van der Waals surface area contributed by atoms with Crippen molar-refractivity contribution in [2.75, 3.05) is 6.54 Å². The Balaban J connectivity index is 2.20. The highest BCUT2D eigenvalue weighted by Crippen LogP contribution is 2.21. The molecule has 1 aliphatic rings. The molecule has 2 rings (SSSR count). The Bertz CT molecular complexity index is 855. The molecule has 2 unspecified atom stereocenters. The molecule has 0 aromatic heterocycles. The van der Waals surface area contributed by atoms with E-state index in [9.17, 15) is 24.3 Å². The first-order valence-electron chi connectivity index (χ1n) is 11.1. The number of nitrogens with zero attached hydrogens (tertiary/aromatic N) is 1. The van der Waals surface area contributed by atoms with E-state index in [1.165, 1.54) is 4.90 Å². The topological polar surface area (TPSA) is 168 Å². The molecule has 4 amide bonds. The molecule has 4 atom stereocenters. The Morgan fingerprint density at radius 2 is 1.82 bits per heavy atom. The molecule has 10 heteroatoms. The molecule has 0 saturated carbocycles. The van der Waals surface area contributed by atoms with Crippen molar-refractivity contribution in [1.82, 2.24) is 15.5 Å². The number of nitrogens with two attached hydrogens (primary N) is 2. The molecule has 182 valence electrons. The maximum atomic E-state index is 13.2. The molecule has 1 fully saturated rings. The van der Waals surface area contributed by atoms with Gasteiger partial charge in [0.2, 0.25) is 17.7 Å². The lowest BCUT2D eigenvalue weighted by atomic mass is 9.99. The average Bonchev–Trinajstić information content (AvgIpc) is 3.21. The zero-order chi connectivity index (χ0) is 24.8. The number of amides is 4. The van der Waals surface area contributed by atoms with Gasteiger partial charge in [0.15, 0.2) is 6.10 Å². The van der Waals surface area contributed by atoms with E-state index >= 15 is 0 Å². The second-order valence-electron chi connectivity index (χ2n) is 9.46. The number of rotatable bonds is 9. The number of aliphatic hydroxyl groups excluding tert-OH is 1. The van der Waals surface area contributed by atoms with Gasteiger partial charge in [-0.15, -0.1) is 0 Å². The standard InChI is InChI=1S/C23H35N5O5/c1-23(2,3)27-21(32)17-10-7-11-28(17)22(33)19(30)16(12-14-8-5-4-6-9-14)26-20(31)15(24)13-18(25)29/h4-6,8-9,15-17,19,30H,7,10-13,24H2,1-3H3,(H2,25,29)(H,26,31)(H,27,32)/t15-,16?,17-,19?/m0/s1. The van der Waals surface area contributed by atoms with Crippen molar-refractivity contribution >= 4 is 23.6 Å². The van der Waals surface area contributed by atoms with Crippen molar-refractivity contribution in [1.29, 1.82) is 0 Å². The fraction of sp³-hybridized carbons (Fsp3) is 0.565. The summed E-state index contributed by atoms with van der Waals surface area (Å²) in [6, 6.07) is 6.10. The molecule has 0 bridgehead atoms. The van der Waals surface area contributed by atoms with Gasteiger partial charge < -0.3 is 32.1 Å². The highest BCUT2D eigenvalue weighted by atomic mass is 16.3. The molecule has 1 aromatic rings. The summed E-state index contributed by atoms with van der Waals surface area (Å²) in [7, 11) is 0. The van der Waals surface area contributed by atoms with Crippen molar-refractivity contribution < 1.29 is 24.3 Å². The van der Waals surface area contributed by atoms with Gasteiger partial charge in [-0.05, 0) is 45.6 Å². The van der Waals surface area contributed by atoms with Gasteiger partial charge >= 0.3 is 0 Å². The van der Waals surface area contributed by atoms with E-state index in [1.54, 1.807) is 24.3 Å². The SMILES string of the molecule is CC(C)(C)NC(=O)[C@@H]1CCCN1C(=O)C(O)C(Cc1ccccc1)NC(=O)[C@@H](N)CC(N)=O. The van der Waals surface area contributed by atoms with Crippen molar-refractivity contribution in [2.24, 2.45) is 11.5 Å². The van der Waals surface area contributed by atoms with Gasteiger partial charge in [0, 0.05) is 12.1 Å². The summed E-state index contributed by atoms with van der Waals surface area (Å²) < 4.78 is 0. The van der Waals surface area contributed by atoms with Crippen LogP contribution in [0.25, 0.3) is 0 Å². The maximum Gasteiger partial charge on any atom is 0.254 e. The molecule has 33 heavy (non-hydrogen) atoms. The van der Waals surface area contributed by atoms with Crippen LogP contribution in [0.15, 0.2) is 30.3 Å². The molecule has 7 N–H and O–H groups in total. The van der Waals surface area contributed by atoms with Crippen LogP contribution in [0.2, 0.25) is 0 Å². The van der Waals surface area contributed by atoms with Crippen LogP contribution in [-0.2, 0) is 25.6 Å². The second-order valence-corrected chi connectivity index (χ2v) is 9.46. The molecule has 0 radical (unpaired) electrons. The number of carbonyl (C=O) groups is 4. The van der Waals surface area contributed by atoms with E-state index in [-0.39, 0.29) is 18.7 Å². The number of hydrogen-bond donors (Lipinski definition) is 5. The number of benzene rings is 1. The summed E-state index contributed by atoms with van der Waals surface area (Å²) in [6.07, 6.45) is -0.720. The quantitative estimate of drug-likeness (QED) is 0.322. The second kappa shape index (κ2) is 11.2. The molecule has 10 nitrogen and oxygen atoms in total. The molecule has 0 spiro atoms. The monoisotopic (exact) mass is 461 g/mol. The number of hydrogen-bond acceptors (Lipinski definition) is 6. The van der Waals surface area contributed by atoms with E-state index in [0.29, 0.717) is 19.4 Å². The predicted molar refractivity (Wildman–Crippen MR) is 123 cm³/mol. The number of aliphatic hydroxyl groups is 1. The van der Waals surface area contributed by atoms with Crippen molar-refractivity contribution in [3.05, 3.63) is 35.9 Å². The largest absolute Gasteiger partial charge is 0.381 e. The van der Waals surface area contributed by atoms with Crippen LogP contribution in [0.1, 0.15) is 45.6 Å². The van der Waals surface area contributed by atoms with E-state index in [4.69, 9.17) is 11.5 Å². The minimum atomic E-state index is -1.61.